The van der Waals surface area contributed by atoms with Crippen molar-refractivity contribution in [2.45, 2.75) is 18.6 Å². The van der Waals surface area contributed by atoms with Crippen LogP contribution in [0.4, 0.5) is 5.69 Å². The summed E-state index contributed by atoms with van der Waals surface area (Å²) in [6.07, 6.45) is 0.107. The van der Waals surface area contributed by atoms with E-state index in [1.54, 1.807) is 25.1 Å². The number of thioether (sulfide) groups is 1. The smallest absolute Gasteiger partial charge is 0.315 e. The number of nitrogens with zero attached hydrogens (tertiary/aromatic N) is 1. The summed E-state index contributed by atoms with van der Waals surface area (Å²) in [5, 5.41) is -0.527. The SMILES string of the molecule is CCOC(=O)CSC1CC(=O)N(c2cccc(Br)c2)C1=O. The fourth-order valence-corrected chi connectivity index (χ4v) is 3.31. The zero-order chi connectivity index (χ0) is 15.4. The molecule has 0 radical (unpaired) electrons. The van der Waals surface area contributed by atoms with Crippen molar-refractivity contribution in [2.75, 3.05) is 17.3 Å². The minimum absolute atomic E-state index is 0.0733. The van der Waals surface area contributed by atoms with E-state index in [2.05, 4.69) is 15.9 Å². The molecule has 1 atom stereocenters. The van der Waals surface area contributed by atoms with Crippen LogP contribution in [-0.2, 0) is 19.1 Å². The maximum Gasteiger partial charge on any atom is 0.315 e. The van der Waals surface area contributed by atoms with Crippen LogP contribution in [0.25, 0.3) is 0 Å². The molecule has 1 fully saturated rings. The van der Waals surface area contributed by atoms with Gasteiger partial charge >= 0.3 is 5.97 Å². The Bertz CT molecular complexity index is 578. The Balaban J connectivity index is 2.05. The monoisotopic (exact) mass is 371 g/mol. The van der Waals surface area contributed by atoms with E-state index in [0.29, 0.717) is 12.3 Å². The summed E-state index contributed by atoms with van der Waals surface area (Å²) >= 11 is 4.46. The number of esters is 1. The number of halogens is 1. The molecule has 5 nitrogen and oxygen atoms in total. The summed E-state index contributed by atoms with van der Waals surface area (Å²) in [6, 6.07) is 7.01. The number of hydrogen-bond acceptors (Lipinski definition) is 5. The third-order valence-corrected chi connectivity index (χ3v) is 4.55. The Hall–Kier alpha value is -1.34. The molecule has 112 valence electrons. The van der Waals surface area contributed by atoms with Gasteiger partial charge < -0.3 is 4.74 Å². The molecule has 0 spiro atoms. The molecule has 1 aromatic carbocycles. The number of benzene rings is 1. The van der Waals surface area contributed by atoms with Crippen molar-refractivity contribution in [3.63, 3.8) is 0 Å². The Morgan fingerprint density at radius 1 is 1.48 bits per heavy atom. The second-order valence-electron chi connectivity index (χ2n) is 4.36. The quantitative estimate of drug-likeness (QED) is 0.587. The summed E-state index contributed by atoms with van der Waals surface area (Å²) < 4.78 is 5.61. The Labute approximate surface area is 135 Å². The molecule has 2 amide bonds. The van der Waals surface area contributed by atoms with Crippen LogP contribution in [-0.4, -0.2) is 35.4 Å². The van der Waals surface area contributed by atoms with Gasteiger partial charge in [0.05, 0.1) is 23.3 Å². The van der Waals surface area contributed by atoms with Crippen molar-refractivity contribution in [2.24, 2.45) is 0 Å². The fraction of sp³-hybridized carbons (Fsp3) is 0.357. The molecule has 0 bridgehead atoms. The van der Waals surface area contributed by atoms with Crippen molar-refractivity contribution in [1.82, 2.24) is 0 Å². The largest absolute Gasteiger partial charge is 0.465 e. The molecule has 1 aliphatic heterocycles. The van der Waals surface area contributed by atoms with Gasteiger partial charge in [0.1, 0.15) is 0 Å². The van der Waals surface area contributed by atoms with E-state index in [9.17, 15) is 14.4 Å². The molecule has 0 N–H and O–H groups in total. The van der Waals surface area contributed by atoms with Gasteiger partial charge in [-0.05, 0) is 25.1 Å². The minimum Gasteiger partial charge on any atom is -0.465 e. The third kappa shape index (κ3) is 3.85. The number of ether oxygens (including phenoxy) is 1. The van der Waals surface area contributed by atoms with Crippen molar-refractivity contribution in [1.29, 1.82) is 0 Å². The topological polar surface area (TPSA) is 63.7 Å². The van der Waals surface area contributed by atoms with Crippen LogP contribution < -0.4 is 4.90 Å². The predicted molar refractivity (Wildman–Crippen MR) is 84.1 cm³/mol. The molecule has 1 aromatic rings. The first-order valence-corrected chi connectivity index (χ1v) is 8.26. The first-order valence-electron chi connectivity index (χ1n) is 6.42. The lowest BCUT2D eigenvalue weighted by Crippen LogP contribution is -2.31. The van der Waals surface area contributed by atoms with E-state index < -0.39 is 5.25 Å². The second kappa shape index (κ2) is 7.09. The van der Waals surface area contributed by atoms with E-state index in [4.69, 9.17) is 4.74 Å². The normalized spacial score (nSPS) is 18.2. The highest BCUT2D eigenvalue weighted by atomic mass is 79.9. The number of amides is 2. The van der Waals surface area contributed by atoms with Gasteiger partial charge in [-0.25, -0.2) is 4.90 Å². The van der Waals surface area contributed by atoms with Crippen LogP contribution in [0.5, 0.6) is 0 Å². The molecular weight excluding hydrogens is 358 g/mol. The average molecular weight is 372 g/mol. The van der Waals surface area contributed by atoms with Crippen molar-refractivity contribution in [3.8, 4) is 0 Å². The summed E-state index contributed by atoms with van der Waals surface area (Å²) in [4.78, 5) is 36.9. The maximum absolute atomic E-state index is 12.3. The van der Waals surface area contributed by atoms with Crippen LogP contribution in [0, 0.1) is 0 Å². The molecule has 1 saturated heterocycles. The highest BCUT2D eigenvalue weighted by molar-refractivity contribution is 9.10. The summed E-state index contributed by atoms with van der Waals surface area (Å²) in [6.45, 7) is 2.03. The molecular formula is C14H14BrNO4S. The fourth-order valence-electron chi connectivity index (χ4n) is 1.99. The van der Waals surface area contributed by atoms with Crippen LogP contribution in [0.2, 0.25) is 0 Å². The van der Waals surface area contributed by atoms with Gasteiger partial charge in [0.2, 0.25) is 11.8 Å². The molecule has 0 aromatic heterocycles. The van der Waals surface area contributed by atoms with Gasteiger partial charge in [0.15, 0.2) is 0 Å². The van der Waals surface area contributed by atoms with Crippen LogP contribution >= 0.6 is 27.7 Å². The lowest BCUT2D eigenvalue weighted by atomic mass is 10.3. The number of anilines is 1. The number of carbonyl (C=O) groups excluding carboxylic acids is 3. The van der Waals surface area contributed by atoms with Gasteiger partial charge in [-0.15, -0.1) is 11.8 Å². The predicted octanol–water partition coefficient (Wildman–Crippen LogP) is 2.38. The Kier molecular flexibility index (Phi) is 5.41. The number of rotatable bonds is 5. The molecule has 21 heavy (non-hydrogen) atoms. The van der Waals surface area contributed by atoms with Crippen LogP contribution in [0.3, 0.4) is 0 Å². The minimum atomic E-state index is -0.527. The van der Waals surface area contributed by atoms with Crippen LogP contribution in [0.1, 0.15) is 13.3 Å². The lowest BCUT2D eigenvalue weighted by Gasteiger charge is -2.15. The van der Waals surface area contributed by atoms with Crippen LogP contribution in [0.15, 0.2) is 28.7 Å². The Morgan fingerprint density at radius 3 is 2.90 bits per heavy atom. The van der Waals surface area contributed by atoms with Gasteiger partial charge in [-0.1, -0.05) is 22.0 Å². The maximum atomic E-state index is 12.3. The van der Waals surface area contributed by atoms with Gasteiger partial charge in [-0.3, -0.25) is 14.4 Å². The molecule has 2 rings (SSSR count). The number of hydrogen-bond donors (Lipinski definition) is 0. The highest BCUT2D eigenvalue weighted by Gasteiger charge is 2.40. The number of carbonyl (C=O) groups is 3. The summed E-state index contributed by atoms with van der Waals surface area (Å²) in [5.41, 5.74) is 0.540. The second-order valence-corrected chi connectivity index (χ2v) is 6.46. The van der Waals surface area contributed by atoms with E-state index in [0.717, 1.165) is 16.2 Å². The zero-order valence-corrected chi connectivity index (χ0v) is 13.8. The lowest BCUT2D eigenvalue weighted by molar-refractivity contribution is -0.139. The number of imide groups is 1. The van der Waals surface area contributed by atoms with Crippen molar-refractivity contribution in [3.05, 3.63) is 28.7 Å². The van der Waals surface area contributed by atoms with E-state index >= 15 is 0 Å². The summed E-state index contributed by atoms with van der Waals surface area (Å²) in [5.74, 6) is -0.834. The standard InChI is InChI=1S/C14H14BrNO4S/c1-2-20-13(18)8-21-11-7-12(17)16(14(11)19)10-5-3-4-9(15)6-10/h3-6,11H,2,7-8H2,1H3. The molecule has 7 heteroatoms. The first kappa shape index (κ1) is 16.0. The van der Waals surface area contributed by atoms with Gasteiger partial charge in [0.25, 0.3) is 0 Å². The highest BCUT2D eigenvalue weighted by Crippen LogP contribution is 2.30. The van der Waals surface area contributed by atoms with E-state index in [1.807, 2.05) is 6.07 Å². The molecule has 0 aliphatic carbocycles. The Morgan fingerprint density at radius 2 is 2.24 bits per heavy atom. The zero-order valence-electron chi connectivity index (χ0n) is 11.4. The molecule has 1 heterocycles. The molecule has 1 aliphatic rings. The summed E-state index contributed by atoms with van der Waals surface area (Å²) in [7, 11) is 0. The van der Waals surface area contributed by atoms with Gasteiger partial charge in [-0.2, -0.15) is 0 Å². The average Bonchev–Trinajstić information content (AvgIpc) is 2.71. The molecule has 1 unspecified atom stereocenters. The van der Waals surface area contributed by atoms with Crippen molar-refractivity contribution >= 4 is 51.2 Å². The third-order valence-electron chi connectivity index (χ3n) is 2.88. The first-order chi connectivity index (χ1) is 10.0. The van der Waals surface area contributed by atoms with Crippen molar-refractivity contribution < 1.29 is 19.1 Å². The van der Waals surface area contributed by atoms with E-state index in [1.165, 1.54) is 4.90 Å². The van der Waals surface area contributed by atoms with E-state index in [-0.39, 0.29) is 30.0 Å². The van der Waals surface area contributed by atoms with Gasteiger partial charge in [0, 0.05) is 10.9 Å². The molecule has 0 saturated carbocycles.